The number of rotatable bonds is 5. The molecule has 7 nitrogen and oxygen atoms in total. The Bertz CT molecular complexity index is 851. The van der Waals surface area contributed by atoms with E-state index in [0.717, 1.165) is 0 Å². The zero-order valence-corrected chi connectivity index (χ0v) is 16.3. The van der Waals surface area contributed by atoms with Gasteiger partial charge in [0, 0.05) is 18.8 Å². The van der Waals surface area contributed by atoms with Gasteiger partial charge >= 0.3 is 17.8 Å². The maximum atomic E-state index is 12.5. The van der Waals surface area contributed by atoms with Gasteiger partial charge in [0.2, 0.25) is 0 Å². The summed E-state index contributed by atoms with van der Waals surface area (Å²) in [6.07, 6.45) is 1.32. The summed E-state index contributed by atoms with van der Waals surface area (Å²) in [5, 5.41) is 2.60. The third kappa shape index (κ3) is 5.57. The molecule has 29 heavy (non-hydrogen) atoms. The molecule has 7 heteroatoms. The zero-order chi connectivity index (χ0) is 20.6. The van der Waals surface area contributed by atoms with Crippen LogP contribution in [0.1, 0.15) is 19.8 Å². The molecule has 1 unspecified atom stereocenters. The van der Waals surface area contributed by atoms with Gasteiger partial charge in [0.25, 0.3) is 0 Å². The number of para-hydroxylation sites is 1. The number of piperidine rings is 1. The van der Waals surface area contributed by atoms with Crippen molar-refractivity contribution in [3.63, 3.8) is 0 Å². The van der Waals surface area contributed by atoms with Gasteiger partial charge in [-0.05, 0) is 56.2 Å². The number of nitrogens with zero attached hydrogens (tertiary/aromatic N) is 1. The van der Waals surface area contributed by atoms with E-state index < -0.39 is 11.8 Å². The second kappa shape index (κ2) is 9.73. The SMILES string of the molecule is CCOC(=O)C1CCCN(C(=O)C(=O)Nc2ccc(Oc3ccccc3)cc2)C1. The van der Waals surface area contributed by atoms with E-state index in [1.165, 1.54) is 4.90 Å². The van der Waals surface area contributed by atoms with Crippen molar-refractivity contribution in [3.8, 4) is 11.5 Å². The molecule has 2 amide bonds. The molecule has 1 aliphatic heterocycles. The predicted octanol–water partition coefficient (Wildman–Crippen LogP) is 3.22. The summed E-state index contributed by atoms with van der Waals surface area (Å²) in [6.45, 7) is 2.70. The molecule has 0 spiro atoms. The number of amides is 2. The Kier molecular flexibility index (Phi) is 6.84. The highest BCUT2D eigenvalue weighted by molar-refractivity contribution is 6.39. The lowest BCUT2D eigenvalue weighted by atomic mass is 9.98. The summed E-state index contributed by atoms with van der Waals surface area (Å²) in [5.74, 6) is -0.751. The summed E-state index contributed by atoms with van der Waals surface area (Å²) in [5.41, 5.74) is 0.489. The van der Waals surface area contributed by atoms with Crippen LogP contribution < -0.4 is 10.1 Å². The maximum absolute atomic E-state index is 12.5. The number of anilines is 1. The van der Waals surface area contributed by atoms with Gasteiger partial charge in [-0.1, -0.05) is 18.2 Å². The fraction of sp³-hybridized carbons (Fsp3) is 0.318. The van der Waals surface area contributed by atoms with Crippen molar-refractivity contribution in [2.45, 2.75) is 19.8 Å². The number of hydrogen-bond donors (Lipinski definition) is 1. The largest absolute Gasteiger partial charge is 0.466 e. The normalized spacial score (nSPS) is 16.0. The molecule has 0 aromatic heterocycles. The predicted molar refractivity (Wildman–Crippen MR) is 108 cm³/mol. The topological polar surface area (TPSA) is 84.9 Å². The van der Waals surface area contributed by atoms with Gasteiger partial charge in [-0.15, -0.1) is 0 Å². The number of nitrogens with one attached hydrogen (secondary N) is 1. The van der Waals surface area contributed by atoms with Crippen LogP contribution in [-0.2, 0) is 19.1 Å². The van der Waals surface area contributed by atoms with E-state index in [2.05, 4.69) is 5.32 Å². The van der Waals surface area contributed by atoms with Crippen LogP contribution in [0.2, 0.25) is 0 Å². The maximum Gasteiger partial charge on any atom is 0.313 e. The van der Waals surface area contributed by atoms with Gasteiger partial charge in [-0.25, -0.2) is 0 Å². The van der Waals surface area contributed by atoms with Crippen molar-refractivity contribution < 1.29 is 23.9 Å². The van der Waals surface area contributed by atoms with Crippen molar-refractivity contribution in [1.82, 2.24) is 4.90 Å². The average molecular weight is 396 g/mol. The Morgan fingerprint density at radius 2 is 1.72 bits per heavy atom. The number of carbonyl (C=O) groups excluding carboxylic acids is 3. The van der Waals surface area contributed by atoms with E-state index in [1.54, 1.807) is 31.2 Å². The summed E-state index contributed by atoms with van der Waals surface area (Å²) < 4.78 is 10.7. The van der Waals surface area contributed by atoms with Crippen LogP contribution in [0, 0.1) is 5.92 Å². The fourth-order valence-corrected chi connectivity index (χ4v) is 3.17. The molecule has 3 rings (SSSR count). The van der Waals surface area contributed by atoms with Crippen molar-refractivity contribution in [2.24, 2.45) is 5.92 Å². The van der Waals surface area contributed by atoms with Gasteiger partial charge in [0.05, 0.1) is 12.5 Å². The van der Waals surface area contributed by atoms with Crippen LogP contribution in [0.15, 0.2) is 54.6 Å². The summed E-state index contributed by atoms with van der Waals surface area (Å²) in [7, 11) is 0. The molecule has 2 aromatic rings. The van der Waals surface area contributed by atoms with E-state index in [4.69, 9.17) is 9.47 Å². The van der Waals surface area contributed by atoms with Crippen LogP contribution in [-0.4, -0.2) is 42.4 Å². The Balaban J connectivity index is 1.55. The Morgan fingerprint density at radius 3 is 2.41 bits per heavy atom. The summed E-state index contributed by atoms with van der Waals surface area (Å²) in [6, 6.07) is 16.1. The lowest BCUT2D eigenvalue weighted by molar-refractivity contribution is -0.153. The number of carbonyl (C=O) groups is 3. The van der Waals surface area contributed by atoms with Crippen molar-refractivity contribution in [1.29, 1.82) is 0 Å². The number of benzene rings is 2. The Labute approximate surface area is 169 Å². The van der Waals surface area contributed by atoms with Crippen LogP contribution in [0.3, 0.4) is 0 Å². The molecule has 1 saturated heterocycles. The third-order valence-corrected chi connectivity index (χ3v) is 4.61. The van der Waals surface area contributed by atoms with E-state index in [9.17, 15) is 14.4 Å². The summed E-state index contributed by atoms with van der Waals surface area (Å²) >= 11 is 0. The minimum atomic E-state index is -0.730. The van der Waals surface area contributed by atoms with Crippen LogP contribution >= 0.6 is 0 Å². The molecular weight excluding hydrogens is 372 g/mol. The van der Waals surface area contributed by atoms with Crippen LogP contribution in [0.25, 0.3) is 0 Å². The van der Waals surface area contributed by atoms with E-state index >= 15 is 0 Å². The first-order valence-electron chi connectivity index (χ1n) is 9.66. The smallest absolute Gasteiger partial charge is 0.313 e. The monoisotopic (exact) mass is 396 g/mol. The third-order valence-electron chi connectivity index (χ3n) is 4.61. The number of hydrogen-bond acceptors (Lipinski definition) is 5. The quantitative estimate of drug-likeness (QED) is 0.620. The molecule has 0 bridgehead atoms. The second-order valence-corrected chi connectivity index (χ2v) is 6.74. The van der Waals surface area contributed by atoms with Crippen molar-refractivity contribution >= 4 is 23.5 Å². The Hall–Kier alpha value is -3.35. The highest BCUT2D eigenvalue weighted by Gasteiger charge is 2.32. The molecule has 2 aromatic carbocycles. The lowest BCUT2D eigenvalue weighted by Crippen LogP contribution is -2.47. The van der Waals surface area contributed by atoms with E-state index in [1.807, 2.05) is 30.3 Å². The molecule has 0 radical (unpaired) electrons. The average Bonchev–Trinajstić information content (AvgIpc) is 2.75. The minimum Gasteiger partial charge on any atom is -0.466 e. The van der Waals surface area contributed by atoms with Crippen molar-refractivity contribution in [2.75, 3.05) is 25.0 Å². The molecule has 1 aliphatic rings. The Morgan fingerprint density at radius 1 is 1.03 bits per heavy atom. The van der Waals surface area contributed by atoms with E-state index in [0.29, 0.717) is 43.2 Å². The number of esters is 1. The first kappa shape index (κ1) is 20.4. The minimum absolute atomic E-state index is 0.203. The highest BCUT2D eigenvalue weighted by Crippen LogP contribution is 2.23. The zero-order valence-electron chi connectivity index (χ0n) is 16.3. The molecule has 1 fully saturated rings. The molecule has 1 N–H and O–H groups in total. The van der Waals surface area contributed by atoms with Crippen molar-refractivity contribution in [3.05, 3.63) is 54.6 Å². The van der Waals surface area contributed by atoms with Crippen LogP contribution in [0.4, 0.5) is 5.69 Å². The van der Waals surface area contributed by atoms with Gasteiger partial charge in [0.1, 0.15) is 11.5 Å². The molecular formula is C22H24N2O5. The molecule has 1 atom stereocenters. The molecule has 1 heterocycles. The summed E-state index contributed by atoms with van der Waals surface area (Å²) in [4.78, 5) is 38.1. The standard InChI is InChI=1S/C22H24N2O5/c1-2-28-22(27)16-7-6-14-24(15-16)21(26)20(25)23-17-10-12-19(13-11-17)29-18-8-4-3-5-9-18/h3-5,8-13,16H,2,6-7,14-15H2,1H3,(H,23,25). The first-order valence-corrected chi connectivity index (χ1v) is 9.66. The van der Waals surface area contributed by atoms with Gasteiger partial charge in [0.15, 0.2) is 0 Å². The number of ether oxygens (including phenoxy) is 2. The lowest BCUT2D eigenvalue weighted by Gasteiger charge is -2.30. The van der Waals surface area contributed by atoms with Gasteiger partial charge in [-0.2, -0.15) is 0 Å². The van der Waals surface area contributed by atoms with Gasteiger partial charge in [-0.3, -0.25) is 14.4 Å². The van der Waals surface area contributed by atoms with Gasteiger partial charge < -0.3 is 19.7 Å². The molecule has 152 valence electrons. The van der Waals surface area contributed by atoms with Crippen LogP contribution in [0.5, 0.6) is 11.5 Å². The number of likely N-dealkylation sites (tertiary alicyclic amines) is 1. The molecule has 0 saturated carbocycles. The highest BCUT2D eigenvalue weighted by atomic mass is 16.5. The van der Waals surface area contributed by atoms with E-state index in [-0.39, 0.29) is 18.4 Å². The fourth-order valence-electron chi connectivity index (χ4n) is 3.17. The molecule has 0 aliphatic carbocycles. The first-order chi connectivity index (χ1) is 14.1. The second-order valence-electron chi connectivity index (χ2n) is 6.74.